The average molecular weight is 1060 g/mol. The minimum Gasteiger partial charge on any atom is -0.652 e. The molecule has 0 fully saturated rings. The fourth-order valence-corrected chi connectivity index (χ4v) is 9.99. The molecule has 2 amide bonds. The van der Waals surface area contributed by atoms with Crippen LogP contribution < -0.4 is 116 Å². The summed E-state index contributed by atoms with van der Waals surface area (Å²) in [6.07, 6.45) is 4.78. The Kier molecular flexibility index (Phi) is 31.2. The second-order valence-electron chi connectivity index (χ2n) is 26.3. The Morgan fingerprint density at radius 3 is 1.28 bits per heavy atom. The molecular formula is C54H95FN2O6Rb2. The molecule has 0 saturated heterocycles. The van der Waals surface area contributed by atoms with Crippen LogP contribution in [0.4, 0.5) is 10.1 Å². The Morgan fingerprint density at radius 2 is 0.923 bits per heavy atom. The second kappa shape index (κ2) is 28.1. The number of rotatable bonds is 20. The molecule has 1 aromatic carbocycles. The summed E-state index contributed by atoms with van der Waals surface area (Å²) >= 11 is 0. The molecule has 366 valence electrons. The first kappa shape index (κ1) is 72.2. The van der Waals surface area contributed by atoms with Crippen molar-refractivity contribution in [1.82, 2.24) is 0 Å². The van der Waals surface area contributed by atoms with Crippen molar-refractivity contribution in [3.63, 3.8) is 0 Å². The van der Waals surface area contributed by atoms with Crippen LogP contribution in [-0.2, 0) is 29.4 Å². The van der Waals surface area contributed by atoms with Crippen LogP contribution in [0.5, 0.6) is 0 Å². The molecule has 1 rings (SSSR count). The molecule has 65 heavy (non-hydrogen) atoms. The van der Waals surface area contributed by atoms with E-state index >= 15 is 0 Å². The number of ketones is 3. The van der Waals surface area contributed by atoms with Gasteiger partial charge in [0.2, 0.25) is 0 Å². The zero-order chi connectivity index (χ0) is 50.6. The van der Waals surface area contributed by atoms with Crippen LogP contribution in [0.15, 0.2) is 24.3 Å². The third-order valence-corrected chi connectivity index (χ3v) is 11.7. The van der Waals surface area contributed by atoms with Crippen molar-refractivity contribution in [3.8, 4) is 0 Å². The first-order valence-corrected chi connectivity index (χ1v) is 23.1. The zero-order valence-electron chi connectivity index (χ0n) is 46.9. The molecule has 0 aliphatic heterocycles. The van der Waals surface area contributed by atoms with Crippen molar-refractivity contribution in [2.24, 2.45) is 48.7 Å². The molecule has 0 saturated carbocycles. The molecule has 0 atom stereocenters. The molecule has 0 unspecified atom stereocenters. The van der Waals surface area contributed by atoms with Gasteiger partial charge < -0.3 is 25.3 Å². The maximum absolute atomic E-state index is 13.3. The Bertz CT molecular complexity index is 1630. The Hall–Kier alpha value is 0.670. The van der Waals surface area contributed by atoms with Crippen molar-refractivity contribution >= 4 is 34.9 Å². The summed E-state index contributed by atoms with van der Waals surface area (Å²) in [5.74, 6) is -0.235. The third kappa shape index (κ3) is 28.9. The topological polar surface area (TPSA) is 134 Å². The molecule has 0 bridgehead atoms. The number of carbonyl (C=O) groups is 5. The van der Waals surface area contributed by atoms with Crippen LogP contribution in [-0.4, -0.2) is 47.7 Å². The summed E-state index contributed by atoms with van der Waals surface area (Å²) < 4.78 is 9.85. The molecule has 1 N–H and O–H groups in total. The Labute approximate surface area is 496 Å². The van der Waals surface area contributed by atoms with E-state index in [4.69, 9.17) is 5.11 Å². The summed E-state index contributed by atoms with van der Waals surface area (Å²) in [5.41, 5.74) is -1.06. The number of Topliss-reactive ketones (excluding diaryl/α,β-unsaturated/α-hetero) is 3. The molecule has 11 heteroatoms. The molecule has 1 aromatic rings. The average Bonchev–Trinajstić information content (AvgIpc) is 3.04. The van der Waals surface area contributed by atoms with E-state index < -0.39 is 23.1 Å². The van der Waals surface area contributed by atoms with Crippen LogP contribution in [0.25, 0.3) is 10.6 Å². The number of nitrogens with zero attached hydrogens (tertiary/aromatic N) is 2. The van der Waals surface area contributed by atoms with E-state index in [0.29, 0.717) is 30.9 Å². The van der Waals surface area contributed by atoms with Crippen molar-refractivity contribution < 1.29 is 150 Å². The summed E-state index contributed by atoms with van der Waals surface area (Å²) in [5, 5.41) is 15.8. The second-order valence-corrected chi connectivity index (χ2v) is 26.3. The van der Waals surface area contributed by atoms with Gasteiger partial charge in [-0.2, -0.15) is 0 Å². The maximum Gasteiger partial charge on any atom is 1.00 e. The minimum atomic E-state index is -1.25. The van der Waals surface area contributed by atoms with E-state index in [9.17, 15) is 28.4 Å². The number of halogens is 1. The molecule has 0 radical (unpaired) electrons. The number of amides is 2. The third-order valence-electron chi connectivity index (χ3n) is 11.7. The van der Waals surface area contributed by atoms with Gasteiger partial charge in [-0.3, -0.25) is 14.4 Å². The summed E-state index contributed by atoms with van der Waals surface area (Å²) in [4.78, 5) is 63.4. The van der Waals surface area contributed by atoms with E-state index in [0.717, 1.165) is 31.2 Å². The largest absolute Gasteiger partial charge is 1.00 e. The van der Waals surface area contributed by atoms with Crippen molar-refractivity contribution in [1.29, 1.82) is 0 Å². The quantitative estimate of drug-likeness (QED) is 0.130. The van der Waals surface area contributed by atoms with Gasteiger partial charge in [0.05, 0.1) is 18.2 Å². The maximum atomic E-state index is 13.3. The first-order valence-electron chi connectivity index (χ1n) is 23.1. The van der Waals surface area contributed by atoms with Crippen LogP contribution >= 0.6 is 0 Å². The van der Waals surface area contributed by atoms with Crippen LogP contribution in [0.1, 0.15) is 217 Å². The van der Waals surface area contributed by atoms with Gasteiger partial charge in [-0.1, -0.05) is 195 Å². The Balaban J connectivity index is -0.000000677. The SMILES string of the molecule is CC(C)(C)CC(C)(C)C(=O)C(C)(C)CC(C)(C)C.CCC(C)(C)CC(C)(C)C[N-]C(=O)C(C)(C)CC(C)(C)C(=O)[N-]c1ccc(C(C)(C)CC(C)(C)C(=O)CC(C)=O)cc1.OCF.[Rb+].[Rb+]. The van der Waals surface area contributed by atoms with E-state index in [1.807, 2.05) is 65.8 Å². The van der Waals surface area contributed by atoms with Gasteiger partial charge in [-0.25, -0.2) is 4.39 Å². The van der Waals surface area contributed by atoms with Crippen LogP contribution in [0.3, 0.4) is 0 Å². The summed E-state index contributed by atoms with van der Waals surface area (Å²) in [7, 11) is 0. The number of aliphatic hydroxyl groups is 1. The van der Waals surface area contributed by atoms with Gasteiger partial charge in [0, 0.05) is 27.1 Å². The molecule has 0 spiro atoms. The van der Waals surface area contributed by atoms with E-state index in [1.54, 1.807) is 0 Å². The molecular weight excluding hydrogens is 963 g/mol. The number of carbonyl (C=O) groups excluding carboxylic acids is 5. The van der Waals surface area contributed by atoms with Gasteiger partial charge >= 0.3 is 116 Å². The minimum absolute atomic E-state index is 0. The van der Waals surface area contributed by atoms with E-state index in [1.165, 1.54) is 6.92 Å². The number of benzene rings is 1. The van der Waals surface area contributed by atoms with Crippen LogP contribution in [0.2, 0.25) is 0 Å². The molecule has 8 nitrogen and oxygen atoms in total. The van der Waals surface area contributed by atoms with Gasteiger partial charge in [0.1, 0.15) is 17.3 Å². The van der Waals surface area contributed by atoms with E-state index in [2.05, 4.69) is 128 Å². The molecule has 0 aliphatic carbocycles. The van der Waals surface area contributed by atoms with Crippen molar-refractivity contribution in [2.75, 3.05) is 13.4 Å². The smallest absolute Gasteiger partial charge is 0.652 e. The fraction of sp³-hybridized carbons (Fsp3) is 0.796. The van der Waals surface area contributed by atoms with Gasteiger partial charge in [-0.05, 0) is 66.3 Å². The summed E-state index contributed by atoms with van der Waals surface area (Å²) in [6, 6.07) is 7.53. The monoisotopic (exact) mass is 1060 g/mol. The summed E-state index contributed by atoms with van der Waals surface area (Å²) in [6.45, 7) is 48.6. The predicted molar refractivity (Wildman–Crippen MR) is 263 cm³/mol. The zero-order valence-corrected chi connectivity index (χ0v) is 56.8. The Morgan fingerprint density at radius 1 is 0.538 bits per heavy atom. The molecule has 0 heterocycles. The predicted octanol–water partition coefficient (Wildman–Crippen LogP) is 9.05. The first-order chi connectivity index (χ1) is 27.7. The number of hydrogen-bond acceptors (Lipinski definition) is 6. The molecule has 0 aliphatic rings. The standard InChI is InChI=1S/C36H60N2O4.C17H34O.CH3FO.2Rb/c1-15-31(3,4)21-32(5,6)24-37-29(41)35(11,12)23-36(13,14)30(42)38-27-18-16-26(17-19-27)33(7,8)22-34(9,10)28(40)20-25(2)39;1-14(2,3)11-16(7,8)13(18)17(9,10)12-15(4,5)6;2-1-3;;/h16-19H,15,20-24H2,1-14H3,(H2,37,38,41,42);11-12H2,1-10H3;3H,1H2;;/q;;;2*+1/p-2. The van der Waals surface area contributed by atoms with Crippen molar-refractivity contribution in [2.45, 2.75) is 217 Å². The normalized spacial score (nSPS) is 13.1. The number of alkyl halides is 1. The van der Waals surface area contributed by atoms with E-state index in [-0.39, 0.29) is 184 Å². The van der Waals surface area contributed by atoms with Gasteiger partial charge in [-0.15, -0.1) is 12.2 Å². The van der Waals surface area contributed by atoms with Gasteiger partial charge in [0.25, 0.3) is 0 Å². The van der Waals surface area contributed by atoms with Gasteiger partial charge in [0.15, 0.2) is 6.86 Å². The number of hydrogen-bond donors (Lipinski definition) is 1. The number of aliphatic hydroxyl groups excluding tert-OH is 1. The molecule has 0 aromatic heterocycles. The van der Waals surface area contributed by atoms with Crippen molar-refractivity contribution in [3.05, 3.63) is 40.5 Å². The van der Waals surface area contributed by atoms with Crippen LogP contribution in [0, 0.1) is 48.7 Å². The fourth-order valence-electron chi connectivity index (χ4n) is 9.99.